The summed E-state index contributed by atoms with van der Waals surface area (Å²) in [5, 5.41) is 8.80. The predicted molar refractivity (Wildman–Crippen MR) is 166 cm³/mol. The normalized spacial score (nSPS) is 14.5. The van der Waals surface area contributed by atoms with Crippen LogP contribution in [0.1, 0.15) is 123 Å². The van der Waals surface area contributed by atoms with Crippen LogP contribution in [0.3, 0.4) is 0 Å². The third kappa shape index (κ3) is 27.3. The molecule has 0 amide bonds. The molecule has 12 heteroatoms. The van der Waals surface area contributed by atoms with Crippen molar-refractivity contribution in [2.45, 2.75) is 135 Å². The van der Waals surface area contributed by atoms with Gasteiger partial charge in [0.1, 0.15) is 12.6 Å². The van der Waals surface area contributed by atoms with Gasteiger partial charge in [-0.05, 0) is 38.5 Å². The Hall–Kier alpha value is -2.04. The van der Waals surface area contributed by atoms with Gasteiger partial charge in [-0.25, -0.2) is 4.57 Å². The van der Waals surface area contributed by atoms with Crippen LogP contribution in [0.15, 0.2) is 24.3 Å². The molecule has 0 spiro atoms. The lowest BCUT2D eigenvalue weighted by molar-refractivity contribution is -0.161. The zero-order chi connectivity index (χ0) is 32.2. The molecule has 0 heterocycles. The van der Waals surface area contributed by atoms with Crippen LogP contribution in [0.2, 0.25) is 0 Å². The van der Waals surface area contributed by atoms with E-state index in [-0.39, 0.29) is 19.4 Å². The largest absolute Gasteiger partial charge is 0.480 e. The lowest BCUT2D eigenvalue weighted by atomic mass is 10.1. The van der Waals surface area contributed by atoms with E-state index >= 15 is 0 Å². The number of carboxylic acids is 1. The zero-order valence-corrected chi connectivity index (χ0v) is 27.2. The smallest absolute Gasteiger partial charge is 0.472 e. The molecule has 0 aromatic carbocycles. The monoisotopic (exact) mass is 633 g/mol. The van der Waals surface area contributed by atoms with E-state index in [1.54, 1.807) is 0 Å². The molecule has 0 aliphatic carbocycles. The van der Waals surface area contributed by atoms with Gasteiger partial charge in [0.15, 0.2) is 6.10 Å². The summed E-state index contributed by atoms with van der Waals surface area (Å²) in [6, 6.07) is -1.52. The summed E-state index contributed by atoms with van der Waals surface area (Å²) >= 11 is 0. The second kappa shape index (κ2) is 27.5. The molecule has 4 N–H and O–H groups in total. The number of hydrogen-bond donors (Lipinski definition) is 3. The molecule has 250 valence electrons. The second-order valence-electron chi connectivity index (χ2n) is 10.6. The van der Waals surface area contributed by atoms with Crippen molar-refractivity contribution in [2.24, 2.45) is 5.73 Å². The van der Waals surface area contributed by atoms with Crippen LogP contribution in [-0.2, 0) is 37.5 Å². The number of phosphoric acid groups is 1. The van der Waals surface area contributed by atoms with Crippen molar-refractivity contribution in [1.82, 2.24) is 0 Å². The van der Waals surface area contributed by atoms with Gasteiger partial charge in [0.2, 0.25) is 0 Å². The highest BCUT2D eigenvalue weighted by molar-refractivity contribution is 7.47. The molecule has 0 aliphatic heterocycles. The first-order valence-corrected chi connectivity index (χ1v) is 17.4. The number of esters is 2. The van der Waals surface area contributed by atoms with Gasteiger partial charge in [0.25, 0.3) is 0 Å². The van der Waals surface area contributed by atoms with Gasteiger partial charge in [-0.2, -0.15) is 0 Å². The van der Waals surface area contributed by atoms with Crippen LogP contribution in [0.4, 0.5) is 0 Å². The maximum atomic E-state index is 12.4. The van der Waals surface area contributed by atoms with Gasteiger partial charge < -0.3 is 25.2 Å². The third-order valence-corrected chi connectivity index (χ3v) is 7.38. The first-order chi connectivity index (χ1) is 20.6. The van der Waals surface area contributed by atoms with E-state index in [0.717, 1.165) is 83.5 Å². The van der Waals surface area contributed by atoms with Crippen molar-refractivity contribution in [3.8, 4) is 0 Å². The number of allylic oxidation sites excluding steroid dienone is 4. The number of rotatable bonds is 29. The van der Waals surface area contributed by atoms with E-state index in [9.17, 15) is 23.8 Å². The highest BCUT2D eigenvalue weighted by Crippen LogP contribution is 2.43. The molecule has 0 saturated heterocycles. The number of nitrogens with two attached hydrogens (primary N) is 1. The Kier molecular flexibility index (Phi) is 26.2. The molecule has 0 aliphatic rings. The van der Waals surface area contributed by atoms with Crippen LogP contribution in [0.5, 0.6) is 0 Å². The lowest BCUT2D eigenvalue weighted by Crippen LogP contribution is -2.34. The Morgan fingerprint density at radius 3 is 1.91 bits per heavy atom. The molecule has 43 heavy (non-hydrogen) atoms. The van der Waals surface area contributed by atoms with Gasteiger partial charge >= 0.3 is 25.7 Å². The van der Waals surface area contributed by atoms with Crippen molar-refractivity contribution in [1.29, 1.82) is 0 Å². The fourth-order valence-electron chi connectivity index (χ4n) is 3.86. The Morgan fingerprint density at radius 2 is 1.28 bits per heavy atom. The van der Waals surface area contributed by atoms with E-state index in [1.807, 2.05) is 0 Å². The van der Waals surface area contributed by atoms with Gasteiger partial charge in [0.05, 0.1) is 13.2 Å². The SMILES string of the molecule is CCC/C=C\C/C=C\CCCCCCCC(=O)OC(COC(=O)CCCCCCCC)COP(=O)(O)OCC(N)C(=O)O. The fraction of sp³-hybridized carbons (Fsp3) is 0.774. The summed E-state index contributed by atoms with van der Waals surface area (Å²) in [6.45, 7) is 2.60. The highest BCUT2D eigenvalue weighted by Gasteiger charge is 2.28. The molecule has 0 rings (SSSR count). The minimum Gasteiger partial charge on any atom is -0.480 e. The highest BCUT2D eigenvalue weighted by atomic mass is 31.2. The number of phosphoric ester groups is 1. The van der Waals surface area contributed by atoms with Crippen molar-refractivity contribution in [3.05, 3.63) is 24.3 Å². The summed E-state index contributed by atoms with van der Waals surface area (Å²) in [7, 11) is -4.70. The van der Waals surface area contributed by atoms with Crippen molar-refractivity contribution in [2.75, 3.05) is 19.8 Å². The number of hydrogen-bond acceptors (Lipinski definition) is 9. The topological polar surface area (TPSA) is 172 Å². The average molecular weight is 634 g/mol. The van der Waals surface area contributed by atoms with Crippen molar-refractivity contribution >= 4 is 25.7 Å². The Balaban J connectivity index is 4.53. The molecule has 11 nitrogen and oxygen atoms in total. The van der Waals surface area contributed by atoms with Gasteiger partial charge in [-0.1, -0.05) is 95.9 Å². The minimum absolute atomic E-state index is 0.146. The average Bonchev–Trinajstić information content (AvgIpc) is 2.97. The number of carboxylic acid groups (broad SMARTS) is 1. The zero-order valence-electron chi connectivity index (χ0n) is 26.3. The second-order valence-corrected chi connectivity index (χ2v) is 12.0. The van der Waals surface area contributed by atoms with E-state index < -0.39 is 51.1 Å². The molecule has 0 aromatic heterocycles. The van der Waals surface area contributed by atoms with Crippen LogP contribution in [0.25, 0.3) is 0 Å². The summed E-state index contributed by atoms with van der Waals surface area (Å²) in [5.74, 6) is -2.41. The minimum atomic E-state index is -4.70. The Morgan fingerprint density at radius 1 is 0.721 bits per heavy atom. The van der Waals surface area contributed by atoms with E-state index in [0.29, 0.717) is 12.8 Å². The maximum absolute atomic E-state index is 12.4. The molecular formula is C31H56NO10P. The van der Waals surface area contributed by atoms with Crippen LogP contribution < -0.4 is 5.73 Å². The molecule has 3 unspecified atom stereocenters. The molecule has 0 radical (unpaired) electrons. The quantitative estimate of drug-likeness (QED) is 0.0343. The van der Waals surface area contributed by atoms with Gasteiger partial charge in [-0.3, -0.25) is 23.4 Å². The number of unbranched alkanes of at least 4 members (excludes halogenated alkanes) is 11. The Bertz CT molecular complexity index is 848. The number of ether oxygens (including phenoxy) is 2. The molecule has 0 aromatic rings. The summed E-state index contributed by atoms with van der Waals surface area (Å²) in [6.07, 6.45) is 22.9. The third-order valence-electron chi connectivity index (χ3n) is 6.43. The first-order valence-electron chi connectivity index (χ1n) is 15.9. The number of aliphatic carboxylic acids is 1. The summed E-state index contributed by atoms with van der Waals surface area (Å²) in [4.78, 5) is 45.3. The molecule has 0 fully saturated rings. The predicted octanol–water partition coefficient (Wildman–Crippen LogP) is 6.77. The fourth-order valence-corrected chi connectivity index (χ4v) is 4.64. The van der Waals surface area contributed by atoms with Crippen LogP contribution in [-0.4, -0.2) is 59.9 Å². The standard InChI is InChI=1S/C31H56NO10P/c1-3-5-7-9-11-12-13-14-15-16-17-19-21-23-30(34)42-27(24-39-29(33)22-20-18-10-8-6-4-2)25-40-43(37,38)41-26-28(32)31(35)36/h7,9,12-13,27-28H,3-6,8,10-11,14-26,32H2,1-2H3,(H,35,36)(H,37,38)/b9-7-,13-12-. The number of carbonyl (C=O) groups is 3. The summed E-state index contributed by atoms with van der Waals surface area (Å²) in [5.41, 5.74) is 5.28. The van der Waals surface area contributed by atoms with Gasteiger partial charge in [0, 0.05) is 12.8 Å². The van der Waals surface area contributed by atoms with Crippen LogP contribution in [0, 0.1) is 0 Å². The van der Waals surface area contributed by atoms with Crippen molar-refractivity contribution < 1.29 is 47.5 Å². The summed E-state index contributed by atoms with van der Waals surface area (Å²) < 4.78 is 32.2. The molecule has 3 atom stereocenters. The van der Waals surface area contributed by atoms with Crippen molar-refractivity contribution in [3.63, 3.8) is 0 Å². The molecule has 0 bridgehead atoms. The maximum Gasteiger partial charge on any atom is 0.472 e. The van der Waals surface area contributed by atoms with Gasteiger partial charge in [-0.15, -0.1) is 0 Å². The van der Waals surface area contributed by atoms with E-state index in [4.69, 9.17) is 24.8 Å². The first kappa shape index (κ1) is 41.0. The van der Waals surface area contributed by atoms with E-state index in [2.05, 4.69) is 42.7 Å². The number of carbonyl (C=O) groups excluding carboxylic acids is 2. The molecule has 0 saturated carbocycles. The Labute approximate surface area is 258 Å². The lowest BCUT2D eigenvalue weighted by Gasteiger charge is -2.20. The van der Waals surface area contributed by atoms with Crippen LogP contribution >= 0.6 is 7.82 Å². The molecular weight excluding hydrogens is 577 g/mol. The van der Waals surface area contributed by atoms with E-state index in [1.165, 1.54) is 0 Å².